The van der Waals surface area contributed by atoms with E-state index in [1.54, 1.807) is 6.07 Å². The lowest BCUT2D eigenvalue weighted by Gasteiger charge is -2.26. The Morgan fingerprint density at radius 2 is 1.87 bits per heavy atom. The van der Waals surface area contributed by atoms with E-state index in [0.29, 0.717) is 54.1 Å². The molecule has 5 rings (SSSR count). The maximum atomic E-state index is 15.8. The Labute approximate surface area is 219 Å². The minimum atomic E-state index is -4.67. The van der Waals surface area contributed by atoms with Crippen molar-refractivity contribution in [3.05, 3.63) is 71.9 Å². The summed E-state index contributed by atoms with van der Waals surface area (Å²) in [6, 6.07) is 9.33. The van der Waals surface area contributed by atoms with Crippen molar-refractivity contribution in [2.24, 2.45) is 0 Å². The van der Waals surface area contributed by atoms with Gasteiger partial charge in [-0.1, -0.05) is 17.4 Å². The van der Waals surface area contributed by atoms with Gasteiger partial charge in [-0.2, -0.15) is 5.26 Å². The van der Waals surface area contributed by atoms with Gasteiger partial charge in [0.2, 0.25) is 5.82 Å². The molecule has 2 aromatic heterocycles. The topological polar surface area (TPSA) is 121 Å². The molecule has 1 saturated heterocycles. The van der Waals surface area contributed by atoms with Gasteiger partial charge in [0.25, 0.3) is 10.0 Å². The minimum Gasteiger partial charge on any atom is -0.378 e. The zero-order chi connectivity index (χ0) is 26.9. The third-order valence-corrected chi connectivity index (χ3v) is 8.09. The van der Waals surface area contributed by atoms with Crippen molar-refractivity contribution in [2.75, 3.05) is 35.9 Å². The molecular weight excluding hydrogens is 541 g/mol. The smallest absolute Gasteiger partial charge is 0.265 e. The minimum absolute atomic E-state index is 0.0622. The maximum Gasteiger partial charge on any atom is 0.265 e. The summed E-state index contributed by atoms with van der Waals surface area (Å²) in [5.74, 6) is -3.23. The van der Waals surface area contributed by atoms with Crippen molar-refractivity contribution >= 4 is 32.2 Å². The van der Waals surface area contributed by atoms with Gasteiger partial charge in [0.05, 0.1) is 35.2 Å². The molecule has 0 atom stereocenters. The summed E-state index contributed by atoms with van der Waals surface area (Å²) >= 11 is 1.22. The number of anilines is 2. The van der Waals surface area contributed by atoms with Crippen LogP contribution >= 0.6 is 11.3 Å². The molecule has 1 aliphatic rings. The van der Waals surface area contributed by atoms with Gasteiger partial charge in [-0.05, 0) is 36.4 Å². The number of nitrogens with one attached hydrogen (secondary N) is 1. The van der Waals surface area contributed by atoms with E-state index in [-0.39, 0.29) is 17.1 Å². The number of hydrogen-bond donors (Lipinski definition) is 1. The van der Waals surface area contributed by atoms with Gasteiger partial charge in [-0.25, -0.2) is 36.5 Å². The number of thiazole rings is 1. The average Bonchev–Trinajstić information content (AvgIpc) is 3.37. The summed E-state index contributed by atoms with van der Waals surface area (Å²) in [6.45, 7) is 2.08. The highest BCUT2D eigenvalue weighted by Crippen LogP contribution is 2.42. The summed E-state index contributed by atoms with van der Waals surface area (Å²) in [5, 5.41) is 9.80. The fourth-order valence-corrected chi connectivity index (χ4v) is 6.02. The normalized spacial score (nSPS) is 13.8. The molecule has 9 nitrogen and oxygen atoms in total. The highest BCUT2D eigenvalue weighted by molar-refractivity contribution is 7.92. The lowest BCUT2D eigenvalue weighted by atomic mass is 10.1. The number of ether oxygens (including phenoxy) is 1. The van der Waals surface area contributed by atoms with E-state index in [2.05, 4.69) is 15.0 Å². The molecule has 0 saturated carbocycles. The molecule has 14 heteroatoms. The van der Waals surface area contributed by atoms with Crippen LogP contribution in [0.4, 0.5) is 24.0 Å². The third-order valence-electron chi connectivity index (χ3n) is 5.57. The summed E-state index contributed by atoms with van der Waals surface area (Å²) in [4.78, 5) is 14.2. The van der Waals surface area contributed by atoms with Crippen LogP contribution in [0.5, 0.6) is 0 Å². The molecule has 0 bridgehead atoms. The van der Waals surface area contributed by atoms with Gasteiger partial charge >= 0.3 is 0 Å². The Morgan fingerprint density at radius 3 is 2.63 bits per heavy atom. The quantitative estimate of drug-likeness (QED) is 0.374. The van der Waals surface area contributed by atoms with Crippen LogP contribution in [0.15, 0.2) is 53.6 Å². The van der Waals surface area contributed by atoms with E-state index >= 15 is 4.39 Å². The predicted molar refractivity (Wildman–Crippen MR) is 133 cm³/mol. The summed E-state index contributed by atoms with van der Waals surface area (Å²) in [7, 11) is -4.67. The lowest BCUT2D eigenvalue weighted by Crippen LogP contribution is -2.36. The number of nitriles is 1. The van der Waals surface area contributed by atoms with Crippen molar-refractivity contribution < 1.29 is 26.3 Å². The van der Waals surface area contributed by atoms with Crippen molar-refractivity contribution in [3.63, 3.8) is 0 Å². The Hall–Kier alpha value is -4.06. The van der Waals surface area contributed by atoms with Crippen LogP contribution in [0, 0.1) is 28.8 Å². The molecule has 0 amide bonds. The first-order valence-corrected chi connectivity index (χ1v) is 13.4. The highest BCUT2D eigenvalue weighted by Gasteiger charge is 2.26. The highest BCUT2D eigenvalue weighted by atomic mass is 32.2. The molecule has 1 N–H and O–H groups in total. The predicted octanol–water partition coefficient (Wildman–Crippen LogP) is 4.19. The number of sulfonamides is 1. The van der Waals surface area contributed by atoms with Crippen LogP contribution < -0.4 is 9.62 Å². The van der Waals surface area contributed by atoms with Gasteiger partial charge < -0.3 is 9.64 Å². The van der Waals surface area contributed by atoms with Gasteiger partial charge in [-0.3, -0.25) is 4.72 Å². The first-order valence-electron chi connectivity index (χ1n) is 11.1. The summed E-state index contributed by atoms with van der Waals surface area (Å²) in [5.41, 5.74) is -0.0587. The van der Waals surface area contributed by atoms with Gasteiger partial charge in [0.1, 0.15) is 22.6 Å². The number of morpholine rings is 1. The second-order valence-corrected chi connectivity index (χ2v) is 10.6. The zero-order valence-corrected chi connectivity index (χ0v) is 21.0. The molecule has 3 heterocycles. The van der Waals surface area contributed by atoms with Crippen LogP contribution in [0.2, 0.25) is 0 Å². The van der Waals surface area contributed by atoms with E-state index in [1.807, 2.05) is 15.7 Å². The standard InChI is InChI=1S/C24H17F3N6O3S2/c25-14-4-5-16(26)19(12-14)38(34,35)32-17-3-1-2-15(21(17)27)22-23(18-6-7-29-20(13-28)30-18)37-24(31-22)33-8-10-36-11-9-33/h1-7,12,32H,8-11H2. The Kier molecular flexibility index (Phi) is 6.98. The van der Waals surface area contributed by atoms with Gasteiger partial charge in [0, 0.05) is 24.8 Å². The number of hydrogen-bond acceptors (Lipinski definition) is 9. The average molecular weight is 559 g/mol. The van der Waals surface area contributed by atoms with Crippen molar-refractivity contribution in [3.8, 4) is 27.9 Å². The zero-order valence-electron chi connectivity index (χ0n) is 19.4. The van der Waals surface area contributed by atoms with Crippen molar-refractivity contribution in [2.45, 2.75) is 4.90 Å². The largest absolute Gasteiger partial charge is 0.378 e. The molecule has 0 aliphatic carbocycles. The van der Waals surface area contributed by atoms with E-state index in [4.69, 9.17) is 4.74 Å². The fourth-order valence-electron chi connectivity index (χ4n) is 3.77. The maximum absolute atomic E-state index is 15.8. The molecule has 1 fully saturated rings. The van der Waals surface area contributed by atoms with Crippen LogP contribution in [0.1, 0.15) is 5.82 Å². The number of nitrogens with zero attached hydrogens (tertiary/aromatic N) is 5. The van der Waals surface area contributed by atoms with E-state index in [1.165, 1.54) is 29.7 Å². The second-order valence-electron chi connectivity index (χ2n) is 8.00. The van der Waals surface area contributed by atoms with Crippen molar-refractivity contribution in [1.29, 1.82) is 5.26 Å². The molecular formula is C24H17F3N6O3S2. The molecule has 0 unspecified atom stereocenters. The first kappa shape index (κ1) is 25.6. The molecule has 4 aromatic rings. The SMILES string of the molecule is N#Cc1nccc(-c2sc(N3CCOCC3)nc2-c2cccc(NS(=O)(=O)c3cc(F)ccc3F)c2F)n1. The van der Waals surface area contributed by atoms with Crippen LogP contribution in [0.3, 0.4) is 0 Å². The van der Waals surface area contributed by atoms with Crippen LogP contribution in [-0.2, 0) is 14.8 Å². The molecule has 38 heavy (non-hydrogen) atoms. The number of halogens is 3. The van der Waals surface area contributed by atoms with Crippen LogP contribution in [0.25, 0.3) is 21.8 Å². The third kappa shape index (κ3) is 5.03. The number of rotatable bonds is 6. The first-order chi connectivity index (χ1) is 18.3. The van der Waals surface area contributed by atoms with Gasteiger partial charge in [0.15, 0.2) is 10.9 Å². The molecule has 0 spiro atoms. The second kappa shape index (κ2) is 10.4. The summed E-state index contributed by atoms with van der Waals surface area (Å²) in [6.07, 6.45) is 1.40. The van der Waals surface area contributed by atoms with Gasteiger partial charge in [-0.15, -0.1) is 0 Å². The van der Waals surface area contributed by atoms with E-state index in [0.717, 1.165) is 12.1 Å². The fraction of sp³-hybridized carbons (Fsp3) is 0.167. The number of benzene rings is 2. The molecule has 194 valence electrons. The molecule has 0 radical (unpaired) electrons. The Balaban J connectivity index is 1.60. The lowest BCUT2D eigenvalue weighted by molar-refractivity contribution is 0.122. The number of aromatic nitrogens is 3. The van der Waals surface area contributed by atoms with E-state index in [9.17, 15) is 22.5 Å². The molecule has 1 aliphatic heterocycles. The van der Waals surface area contributed by atoms with Crippen LogP contribution in [-0.4, -0.2) is 49.7 Å². The Morgan fingerprint density at radius 1 is 1.08 bits per heavy atom. The van der Waals surface area contributed by atoms with Crippen molar-refractivity contribution in [1.82, 2.24) is 15.0 Å². The monoisotopic (exact) mass is 558 g/mol. The van der Waals surface area contributed by atoms with E-state index < -0.39 is 38.1 Å². The molecule has 2 aromatic carbocycles. The Bertz CT molecular complexity index is 1670. The summed E-state index contributed by atoms with van der Waals surface area (Å²) < 4.78 is 76.6.